The molecule has 0 aromatic carbocycles. The van der Waals surface area contributed by atoms with Gasteiger partial charge < -0.3 is 28.4 Å². The van der Waals surface area contributed by atoms with Crippen LogP contribution in [0.25, 0.3) is 0 Å². The molecule has 1 radical (unpaired) electrons. The van der Waals surface area contributed by atoms with Crippen LogP contribution in [0.3, 0.4) is 0 Å². The number of hydrogen-bond acceptors (Lipinski definition) is 7. The summed E-state index contributed by atoms with van der Waals surface area (Å²) in [5, 5.41) is 13.5. The monoisotopic (exact) mass is 404 g/mol. The van der Waals surface area contributed by atoms with Crippen LogP contribution in [0.2, 0.25) is 0 Å². The molecule has 0 aromatic rings. The second-order valence-corrected chi connectivity index (χ2v) is 8.69. The van der Waals surface area contributed by atoms with Gasteiger partial charge in [0.1, 0.15) is 6.10 Å². The highest BCUT2D eigenvalue weighted by Gasteiger charge is 2.46. The van der Waals surface area contributed by atoms with Gasteiger partial charge in [0, 0.05) is 11.1 Å². The molecule has 8 nitrogen and oxygen atoms in total. The number of ether oxygens (including phenoxy) is 6. The van der Waals surface area contributed by atoms with Crippen LogP contribution in [-0.2, 0) is 33.6 Å². The van der Waals surface area contributed by atoms with Crippen molar-refractivity contribution in [2.75, 3.05) is 66.1 Å². The maximum absolute atomic E-state index is 12.3. The molecule has 8 heteroatoms. The first-order chi connectivity index (χ1) is 13.3. The average molecular weight is 405 g/mol. The normalized spacial score (nSPS) is 24.5. The van der Waals surface area contributed by atoms with E-state index in [1.165, 1.54) is 5.06 Å². The van der Waals surface area contributed by atoms with E-state index >= 15 is 0 Å². The molecule has 0 aromatic heterocycles. The fourth-order valence-electron chi connectivity index (χ4n) is 3.60. The van der Waals surface area contributed by atoms with Crippen molar-refractivity contribution in [1.82, 2.24) is 5.06 Å². The molecule has 2 fully saturated rings. The second kappa shape index (κ2) is 11.8. The zero-order chi connectivity index (χ0) is 20.5. The van der Waals surface area contributed by atoms with E-state index in [9.17, 15) is 5.21 Å². The highest BCUT2D eigenvalue weighted by atomic mass is 16.6. The third-order valence-electron chi connectivity index (χ3n) is 4.96. The summed E-state index contributed by atoms with van der Waals surface area (Å²) in [6, 6.07) is 0. The Bertz CT molecular complexity index is 411. The highest BCUT2D eigenvalue weighted by Crippen LogP contribution is 2.38. The van der Waals surface area contributed by atoms with E-state index in [0.717, 1.165) is 19.4 Å². The Morgan fingerprint density at radius 1 is 0.786 bits per heavy atom. The van der Waals surface area contributed by atoms with E-state index in [2.05, 4.69) is 0 Å². The Balaban J connectivity index is 1.35. The van der Waals surface area contributed by atoms with Gasteiger partial charge in [-0.1, -0.05) is 0 Å². The van der Waals surface area contributed by atoms with Crippen LogP contribution in [0.4, 0.5) is 0 Å². The lowest BCUT2D eigenvalue weighted by molar-refractivity contribution is -0.301. The molecule has 2 aliphatic rings. The summed E-state index contributed by atoms with van der Waals surface area (Å²) in [6.45, 7) is 13.8. The molecule has 2 rings (SSSR count). The molecule has 0 aliphatic carbocycles. The number of piperidine rings is 1. The van der Waals surface area contributed by atoms with Crippen molar-refractivity contribution in [1.29, 1.82) is 0 Å². The number of hydroxylamine groups is 2. The molecule has 2 aliphatic heterocycles. The number of hydrogen-bond donors (Lipinski definition) is 0. The molecule has 165 valence electrons. The lowest BCUT2D eigenvalue weighted by Gasteiger charge is -2.49. The second-order valence-electron chi connectivity index (χ2n) is 8.69. The lowest BCUT2D eigenvalue weighted by Crippen LogP contribution is -2.59. The highest BCUT2D eigenvalue weighted by molar-refractivity contribution is 4.96. The minimum Gasteiger partial charge on any atom is -0.377 e. The quantitative estimate of drug-likeness (QED) is 0.304. The summed E-state index contributed by atoms with van der Waals surface area (Å²) < 4.78 is 32.8. The van der Waals surface area contributed by atoms with Crippen LogP contribution in [-0.4, -0.2) is 94.4 Å². The topological polar surface area (TPSA) is 81.8 Å². The smallest absolute Gasteiger partial charge is 0.104 e. The van der Waals surface area contributed by atoms with Gasteiger partial charge in [-0.3, -0.25) is 0 Å². The summed E-state index contributed by atoms with van der Waals surface area (Å²) in [7, 11) is 0. The third kappa shape index (κ3) is 9.00. The zero-order valence-corrected chi connectivity index (χ0v) is 17.9. The van der Waals surface area contributed by atoms with Crippen molar-refractivity contribution >= 4 is 0 Å². The van der Waals surface area contributed by atoms with E-state index < -0.39 is 11.1 Å². The maximum Gasteiger partial charge on any atom is 0.104 e. The summed E-state index contributed by atoms with van der Waals surface area (Å²) >= 11 is 0. The van der Waals surface area contributed by atoms with E-state index in [1.54, 1.807) is 0 Å². The maximum atomic E-state index is 12.3. The van der Waals surface area contributed by atoms with Crippen molar-refractivity contribution < 1.29 is 33.6 Å². The van der Waals surface area contributed by atoms with Crippen molar-refractivity contribution in [2.45, 2.75) is 63.8 Å². The van der Waals surface area contributed by atoms with Gasteiger partial charge in [-0.15, -0.1) is 10.3 Å². The van der Waals surface area contributed by atoms with Crippen LogP contribution in [0.15, 0.2) is 0 Å². The molecule has 0 N–H and O–H groups in total. The van der Waals surface area contributed by atoms with Gasteiger partial charge >= 0.3 is 0 Å². The molecule has 0 spiro atoms. The Kier molecular flexibility index (Phi) is 10.1. The van der Waals surface area contributed by atoms with Crippen molar-refractivity contribution in [3.05, 3.63) is 0 Å². The number of rotatable bonds is 15. The van der Waals surface area contributed by atoms with E-state index in [4.69, 9.17) is 28.4 Å². The Morgan fingerprint density at radius 2 is 1.21 bits per heavy atom. The minimum atomic E-state index is -0.402. The summed E-state index contributed by atoms with van der Waals surface area (Å²) in [5.41, 5.74) is -0.804. The van der Waals surface area contributed by atoms with Gasteiger partial charge in [0.15, 0.2) is 0 Å². The fourth-order valence-corrected chi connectivity index (χ4v) is 3.60. The molecule has 0 bridgehead atoms. The van der Waals surface area contributed by atoms with Gasteiger partial charge in [0.25, 0.3) is 0 Å². The third-order valence-corrected chi connectivity index (χ3v) is 4.96. The predicted octanol–water partition coefficient (Wildman–Crippen LogP) is 1.84. The zero-order valence-electron chi connectivity index (χ0n) is 17.9. The van der Waals surface area contributed by atoms with E-state index in [-0.39, 0.29) is 6.10 Å². The van der Waals surface area contributed by atoms with Gasteiger partial charge in [-0.2, -0.15) is 0 Å². The Hall–Kier alpha value is -0.320. The van der Waals surface area contributed by atoms with Crippen LogP contribution in [0.1, 0.15) is 40.5 Å². The molecular weight excluding hydrogens is 366 g/mol. The van der Waals surface area contributed by atoms with E-state index in [0.29, 0.717) is 65.6 Å². The minimum absolute atomic E-state index is 0.0907. The Morgan fingerprint density at radius 3 is 1.68 bits per heavy atom. The van der Waals surface area contributed by atoms with Crippen LogP contribution >= 0.6 is 0 Å². The lowest BCUT2D eigenvalue weighted by atomic mass is 9.80. The van der Waals surface area contributed by atoms with Gasteiger partial charge in [-0.05, 0) is 40.5 Å². The predicted molar refractivity (Wildman–Crippen MR) is 103 cm³/mol. The fraction of sp³-hybridized carbons (Fsp3) is 1.00. The SMILES string of the molecule is CC1(C)CC(OCCOCCOCCOCCOCC2CO2)CC(C)(C)N1[O]. The van der Waals surface area contributed by atoms with Gasteiger partial charge in [0.2, 0.25) is 0 Å². The van der Waals surface area contributed by atoms with E-state index in [1.807, 2.05) is 27.7 Å². The molecule has 0 amide bonds. The van der Waals surface area contributed by atoms with Crippen LogP contribution in [0, 0.1) is 0 Å². The molecule has 1 atom stereocenters. The summed E-state index contributed by atoms with van der Waals surface area (Å²) in [5.74, 6) is 0. The first-order valence-electron chi connectivity index (χ1n) is 10.3. The number of nitrogens with zero attached hydrogens (tertiary/aromatic N) is 1. The molecular formula is C20H38NO7. The first kappa shape index (κ1) is 24.0. The first-order valence-corrected chi connectivity index (χ1v) is 10.3. The Labute approximate surface area is 169 Å². The number of epoxide rings is 1. The average Bonchev–Trinajstić information content (AvgIpc) is 3.44. The van der Waals surface area contributed by atoms with Crippen LogP contribution in [0.5, 0.6) is 0 Å². The van der Waals surface area contributed by atoms with Crippen molar-refractivity contribution in [3.8, 4) is 0 Å². The van der Waals surface area contributed by atoms with Gasteiger partial charge in [-0.25, -0.2) is 0 Å². The summed E-state index contributed by atoms with van der Waals surface area (Å²) in [4.78, 5) is 0. The standard InChI is InChI=1S/C20H38NO7/c1-19(2)13-17(14-20(3,4)21(19)22)27-12-11-25-8-7-23-5-6-24-9-10-26-15-18-16-28-18/h17-18H,5-16H2,1-4H3. The largest absolute Gasteiger partial charge is 0.377 e. The molecule has 2 heterocycles. The molecule has 28 heavy (non-hydrogen) atoms. The molecule has 0 saturated carbocycles. The van der Waals surface area contributed by atoms with Crippen molar-refractivity contribution in [3.63, 3.8) is 0 Å². The molecule has 2 saturated heterocycles. The summed E-state index contributed by atoms with van der Waals surface area (Å²) in [6.07, 6.45) is 1.87. The molecule has 1 unspecified atom stereocenters. The van der Waals surface area contributed by atoms with Crippen molar-refractivity contribution in [2.24, 2.45) is 0 Å². The van der Waals surface area contributed by atoms with Crippen LogP contribution < -0.4 is 0 Å². The van der Waals surface area contributed by atoms with Gasteiger partial charge in [0.05, 0.1) is 72.2 Å².